The quantitative estimate of drug-likeness (QED) is 0.727. The molecule has 6 nitrogen and oxygen atoms in total. The Morgan fingerprint density at radius 1 is 1.00 bits per heavy atom. The van der Waals surface area contributed by atoms with Crippen molar-refractivity contribution in [3.05, 3.63) is 65.5 Å². The monoisotopic (exact) mass is 363 g/mol. The van der Waals surface area contributed by atoms with Gasteiger partial charge in [-0.3, -0.25) is 0 Å². The zero-order valence-electron chi connectivity index (χ0n) is 12.5. The van der Waals surface area contributed by atoms with Crippen molar-refractivity contribution in [2.75, 3.05) is 6.54 Å². The van der Waals surface area contributed by atoms with Crippen molar-refractivity contribution in [1.29, 1.82) is 0 Å². The first-order chi connectivity index (χ1) is 11.5. The summed E-state index contributed by atoms with van der Waals surface area (Å²) in [5.41, 5.74) is 0.818. The van der Waals surface area contributed by atoms with E-state index in [1.165, 1.54) is 24.3 Å². The lowest BCUT2D eigenvalue weighted by molar-refractivity contribution is 0.502. The van der Waals surface area contributed by atoms with Crippen molar-refractivity contribution in [2.45, 2.75) is 11.3 Å². The van der Waals surface area contributed by atoms with Gasteiger partial charge in [0.2, 0.25) is 21.8 Å². The van der Waals surface area contributed by atoms with E-state index in [1.807, 2.05) is 30.3 Å². The number of hydrogen-bond donors (Lipinski definition) is 1. The zero-order valence-corrected chi connectivity index (χ0v) is 14.1. The predicted molar refractivity (Wildman–Crippen MR) is 90.1 cm³/mol. The summed E-state index contributed by atoms with van der Waals surface area (Å²) >= 11 is 5.76. The minimum absolute atomic E-state index is 0.154. The molecule has 0 bridgehead atoms. The number of sulfonamides is 1. The smallest absolute Gasteiger partial charge is 0.247 e. The number of nitrogens with zero attached hydrogens (tertiary/aromatic N) is 2. The zero-order chi connectivity index (χ0) is 17.0. The lowest BCUT2D eigenvalue weighted by atomic mass is 10.2. The van der Waals surface area contributed by atoms with Gasteiger partial charge in [0.15, 0.2) is 0 Å². The van der Waals surface area contributed by atoms with Gasteiger partial charge in [0.25, 0.3) is 0 Å². The second-order valence-electron chi connectivity index (χ2n) is 4.97. The van der Waals surface area contributed by atoms with E-state index in [-0.39, 0.29) is 11.4 Å². The number of rotatable bonds is 6. The molecule has 1 N–H and O–H groups in total. The lowest BCUT2D eigenvalue weighted by Crippen LogP contribution is -2.26. The van der Waals surface area contributed by atoms with Crippen LogP contribution in [0.4, 0.5) is 0 Å². The highest BCUT2D eigenvalue weighted by molar-refractivity contribution is 7.89. The summed E-state index contributed by atoms with van der Waals surface area (Å²) in [5.74, 6) is 0.777. The molecule has 124 valence electrons. The van der Waals surface area contributed by atoms with Gasteiger partial charge in [-0.25, -0.2) is 13.1 Å². The van der Waals surface area contributed by atoms with Crippen molar-refractivity contribution in [1.82, 2.24) is 14.9 Å². The molecule has 0 fully saturated rings. The summed E-state index contributed by atoms with van der Waals surface area (Å²) in [4.78, 5) is 0.155. The Kier molecular flexibility index (Phi) is 4.94. The molecule has 0 unspecified atom stereocenters. The topological polar surface area (TPSA) is 85.1 Å². The van der Waals surface area contributed by atoms with Crippen molar-refractivity contribution < 1.29 is 12.8 Å². The molecular formula is C16H14ClN3O3S. The molecule has 1 heterocycles. The van der Waals surface area contributed by atoms with E-state index in [0.29, 0.717) is 23.2 Å². The van der Waals surface area contributed by atoms with Gasteiger partial charge in [-0.2, -0.15) is 0 Å². The van der Waals surface area contributed by atoms with Gasteiger partial charge in [0.05, 0.1) is 4.90 Å². The third kappa shape index (κ3) is 4.00. The number of aromatic nitrogens is 2. The van der Waals surface area contributed by atoms with Gasteiger partial charge in [0.1, 0.15) is 0 Å². The Morgan fingerprint density at radius 2 is 1.71 bits per heavy atom. The van der Waals surface area contributed by atoms with Crippen LogP contribution in [0, 0.1) is 0 Å². The van der Waals surface area contributed by atoms with Gasteiger partial charge in [0, 0.05) is 23.6 Å². The van der Waals surface area contributed by atoms with Crippen LogP contribution >= 0.6 is 11.6 Å². The molecule has 24 heavy (non-hydrogen) atoms. The molecule has 0 amide bonds. The van der Waals surface area contributed by atoms with Crippen LogP contribution in [0.5, 0.6) is 0 Å². The summed E-state index contributed by atoms with van der Waals surface area (Å²) in [5, 5.41) is 8.37. The maximum Gasteiger partial charge on any atom is 0.247 e. The van der Waals surface area contributed by atoms with Crippen molar-refractivity contribution in [3.8, 4) is 11.5 Å². The molecule has 0 saturated heterocycles. The number of nitrogens with one attached hydrogen (secondary N) is 1. The average molecular weight is 364 g/mol. The van der Waals surface area contributed by atoms with E-state index in [2.05, 4.69) is 14.9 Å². The van der Waals surface area contributed by atoms with E-state index < -0.39 is 10.0 Å². The maximum atomic E-state index is 12.1. The van der Waals surface area contributed by atoms with Gasteiger partial charge in [-0.1, -0.05) is 29.8 Å². The molecule has 0 aliphatic heterocycles. The first kappa shape index (κ1) is 16.6. The lowest BCUT2D eigenvalue weighted by Gasteiger charge is -2.05. The van der Waals surface area contributed by atoms with E-state index in [1.54, 1.807) is 0 Å². The van der Waals surface area contributed by atoms with E-state index in [0.717, 1.165) is 5.56 Å². The Balaban J connectivity index is 1.60. The minimum Gasteiger partial charge on any atom is -0.421 e. The molecule has 3 rings (SSSR count). The summed E-state index contributed by atoms with van der Waals surface area (Å²) in [6, 6.07) is 15.3. The summed E-state index contributed by atoms with van der Waals surface area (Å²) < 4.78 is 32.3. The standard InChI is InChI=1S/C16H14ClN3O3S/c17-13-6-8-14(9-7-13)24(21,22)18-11-10-15-19-20-16(23-15)12-4-2-1-3-5-12/h1-9,18H,10-11H2. The molecule has 3 aromatic rings. The molecule has 0 aliphatic carbocycles. The minimum atomic E-state index is -3.59. The maximum absolute atomic E-state index is 12.1. The van der Waals surface area contributed by atoms with Crippen LogP contribution in [0.1, 0.15) is 5.89 Å². The van der Waals surface area contributed by atoms with Crippen LogP contribution < -0.4 is 4.72 Å². The predicted octanol–water partition coefficient (Wildman–Crippen LogP) is 2.91. The second kappa shape index (κ2) is 7.12. The third-order valence-electron chi connectivity index (χ3n) is 3.24. The number of hydrogen-bond acceptors (Lipinski definition) is 5. The molecule has 1 aromatic heterocycles. The Labute approximate surface area is 144 Å². The van der Waals surface area contributed by atoms with E-state index in [9.17, 15) is 8.42 Å². The Bertz CT molecular complexity index is 909. The number of halogens is 1. The molecule has 2 aromatic carbocycles. The molecule has 0 aliphatic rings. The fourth-order valence-corrected chi connectivity index (χ4v) is 3.20. The van der Waals surface area contributed by atoms with Crippen molar-refractivity contribution in [3.63, 3.8) is 0 Å². The highest BCUT2D eigenvalue weighted by atomic mass is 35.5. The molecule has 0 atom stereocenters. The summed E-state index contributed by atoms with van der Waals surface area (Å²) in [6.07, 6.45) is 0.298. The third-order valence-corrected chi connectivity index (χ3v) is 4.97. The molecule has 0 saturated carbocycles. The fraction of sp³-hybridized carbons (Fsp3) is 0.125. The Morgan fingerprint density at radius 3 is 2.42 bits per heavy atom. The highest BCUT2D eigenvalue weighted by Crippen LogP contribution is 2.17. The van der Waals surface area contributed by atoms with Crippen LogP contribution in [0.15, 0.2) is 63.9 Å². The van der Waals surface area contributed by atoms with Crippen molar-refractivity contribution >= 4 is 21.6 Å². The summed E-state index contributed by atoms with van der Waals surface area (Å²) in [6.45, 7) is 0.154. The largest absolute Gasteiger partial charge is 0.421 e. The normalized spacial score (nSPS) is 11.5. The first-order valence-corrected chi connectivity index (χ1v) is 9.04. The van der Waals surface area contributed by atoms with Crippen LogP contribution in [-0.4, -0.2) is 25.2 Å². The second-order valence-corrected chi connectivity index (χ2v) is 7.17. The van der Waals surface area contributed by atoms with Gasteiger partial charge >= 0.3 is 0 Å². The molecule has 8 heteroatoms. The van der Waals surface area contributed by atoms with Crippen LogP contribution in [0.3, 0.4) is 0 Å². The SMILES string of the molecule is O=S(=O)(NCCc1nnc(-c2ccccc2)o1)c1ccc(Cl)cc1. The van der Waals surface area contributed by atoms with Gasteiger partial charge in [-0.15, -0.1) is 10.2 Å². The van der Waals surface area contributed by atoms with Gasteiger partial charge < -0.3 is 4.42 Å². The molecule has 0 spiro atoms. The van der Waals surface area contributed by atoms with E-state index in [4.69, 9.17) is 16.0 Å². The van der Waals surface area contributed by atoms with Crippen LogP contribution in [-0.2, 0) is 16.4 Å². The average Bonchev–Trinajstić information content (AvgIpc) is 3.05. The van der Waals surface area contributed by atoms with Gasteiger partial charge in [-0.05, 0) is 36.4 Å². The summed E-state index contributed by atoms with van der Waals surface area (Å²) in [7, 11) is -3.59. The van der Waals surface area contributed by atoms with E-state index >= 15 is 0 Å². The highest BCUT2D eigenvalue weighted by Gasteiger charge is 2.14. The van der Waals surface area contributed by atoms with Crippen molar-refractivity contribution in [2.24, 2.45) is 0 Å². The molecular weight excluding hydrogens is 350 g/mol. The molecule has 0 radical (unpaired) electrons. The fourth-order valence-electron chi connectivity index (χ4n) is 2.04. The number of benzene rings is 2. The Hall–Kier alpha value is -2.22. The first-order valence-electron chi connectivity index (χ1n) is 7.18. The van der Waals surface area contributed by atoms with Crippen LogP contribution in [0.2, 0.25) is 5.02 Å². The van der Waals surface area contributed by atoms with Crippen LogP contribution in [0.25, 0.3) is 11.5 Å².